The number of rotatable bonds is 6. The van der Waals surface area contributed by atoms with E-state index in [-0.39, 0.29) is 28.0 Å². The average molecular weight is 526 g/mol. The van der Waals surface area contributed by atoms with Crippen LogP contribution in [0.1, 0.15) is 41.9 Å². The highest BCUT2D eigenvalue weighted by atomic mass is 35.5. The van der Waals surface area contributed by atoms with Crippen molar-refractivity contribution in [1.29, 1.82) is 0 Å². The molecule has 1 atom stereocenters. The van der Waals surface area contributed by atoms with Gasteiger partial charge in [0.2, 0.25) is 0 Å². The Balaban J connectivity index is 1.13. The van der Waals surface area contributed by atoms with Crippen LogP contribution in [0, 0.1) is 11.2 Å². The van der Waals surface area contributed by atoms with E-state index in [1.165, 1.54) is 0 Å². The topological polar surface area (TPSA) is 75.6 Å². The van der Waals surface area contributed by atoms with Gasteiger partial charge in [-0.3, -0.25) is 0 Å². The Kier molecular flexibility index (Phi) is 5.32. The van der Waals surface area contributed by atoms with Crippen molar-refractivity contribution >= 4 is 35.3 Å². The first kappa shape index (κ1) is 23.3. The third kappa shape index (κ3) is 3.42. The van der Waals surface area contributed by atoms with Gasteiger partial charge in [-0.2, -0.15) is 0 Å². The van der Waals surface area contributed by atoms with Crippen molar-refractivity contribution in [2.24, 2.45) is 5.41 Å². The summed E-state index contributed by atoms with van der Waals surface area (Å²) in [6.07, 6.45) is 0.868. The molecule has 3 aromatic carbocycles. The molecule has 0 aliphatic heterocycles. The van der Waals surface area contributed by atoms with Crippen molar-refractivity contribution in [2.75, 3.05) is 6.61 Å². The maximum Gasteiger partial charge on any atom is 0.407 e. The van der Waals surface area contributed by atoms with Crippen LogP contribution in [0.4, 0.5) is 9.18 Å². The molecule has 2 bridgehead atoms. The predicted octanol–water partition coefficient (Wildman–Crippen LogP) is 6.55. The van der Waals surface area contributed by atoms with Gasteiger partial charge in [-0.1, -0.05) is 71.7 Å². The van der Waals surface area contributed by atoms with Crippen molar-refractivity contribution in [3.63, 3.8) is 0 Å². The van der Waals surface area contributed by atoms with Crippen LogP contribution in [-0.2, 0) is 14.9 Å². The van der Waals surface area contributed by atoms with Crippen molar-refractivity contribution in [2.45, 2.75) is 36.6 Å². The van der Waals surface area contributed by atoms with E-state index in [1.54, 1.807) is 12.1 Å². The first-order valence-corrected chi connectivity index (χ1v) is 12.5. The van der Waals surface area contributed by atoms with E-state index < -0.39 is 29.3 Å². The summed E-state index contributed by atoms with van der Waals surface area (Å²) in [5.74, 6) is -1.88. The standard InChI is InChI=1S/C28H22Cl2FNO4/c29-21-9-15(10-22(30)23(21)31)27-12-28(13-27,14-27)24(25(33)34)32-26(35)36-11-20-18-7-3-1-5-16(18)17-6-2-4-8-19(17)20/h1-10,20,24H,11-14H2,(H,32,35)(H,33,34). The molecule has 8 heteroatoms. The molecule has 2 N–H and O–H groups in total. The minimum absolute atomic E-state index is 0.0529. The number of fused-ring (bicyclic) bond motifs is 3. The number of halogens is 3. The van der Waals surface area contributed by atoms with Crippen LogP contribution >= 0.6 is 23.2 Å². The molecule has 0 radical (unpaired) electrons. The second-order valence-corrected chi connectivity index (χ2v) is 11.0. The molecule has 0 spiro atoms. The van der Waals surface area contributed by atoms with E-state index in [1.807, 2.05) is 36.4 Å². The Morgan fingerprint density at radius 2 is 1.53 bits per heavy atom. The van der Waals surface area contributed by atoms with Gasteiger partial charge in [-0.15, -0.1) is 0 Å². The smallest absolute Gasteiger partial charge is 0.407 e. The van der Waals surface area contributed by atoms with Crippen LogP contribution < -0.4 is 5.32 Å². The van der Waals surface area contributed by atoms with Crippen molar-refractivity contribution in [3.8, 4) is 11.1 Å². The number of hydrogen-bond acceptors (Lipinski definition) is 3. The molecule has 7 rings (SSSR count). The number of hydrogen-bond donors (Lipinski definition) is 2. The quantitative estimate of drug-likeness (QED) is 0.358. The molecule has 4 aliphatic carbocycles. The predicted molar refractivity (Wildman–Crippen MR) is 134 cm³/mol. The van der Waals surface area contributed by atoms with E-state index in [4.69, 9.17) is 27.9 Å². The second-order valence-electron chi connectivity index (χ2n) is 10.2. The molecule has 5 nitrogen and oxygen atoms in total. The van der Waals surface area contributed by atoms with Crippen LogP contribution in [0.2, 0.25) is 10.0 Å². The summed E-state index contributed by atoms with van der Waals surface area (Å²) >= 11 is 11.9. The molecule has 184 valence electrons. The zero-order valence-electron chi connectivity index (χ0n) is 19.1. The van der Waals surface area contributed by atoms with Gasteiger partial charge in [0.25, 0.3) is 0 Å². The molecule has 3 aromatic rings. The van der Waals surface area contributed by atoms with Gasteiger partial charge < -0.3 is 15.2 Å². The first-order valence-electron chi connectivity index (χ1n) is 11.7. The van der Waals surface area contributed by atoms with Gasteiger partial charge >= 0.3 is 12.1 Å². The molecule has 4 aliphatic rings. The highest BCUT2D eigenvalue weighted by Gasteiger charge is 2.72. The number of carboxylic acid groups (broad SMARTS) is 1. The fraction of sp³-hybridized carbons (Fsp3) is 0.286. The van der Waals surface area contributed by atoms with E-state index >= 15 is 0 Å². The number of carbonyl (C=O) groups excluding carboxylic acids is 1. The molecule has 0 heterocycles. The Morgan fingerprint density at radius 1 is 1.00 bits per heavy atom. The fourth-order valence-electron chi connectivity index (χ4n) is 6.58. The van der Waals surface area contributed by atoms with Crippen LogP contribution in [0.25, 0.3) is 11.1 Å². The SMILES string of the molecule is O=C(NC(C(=O)O)C12CC(c3cc(Cl)c(F)c(Cl)c3)(C1)C2)OCC1c2ccccc2-c2ccccc21. The van der Waals surface area contributed by atoms with Crippen LogP contribution in [0.3, 0.4) is 0 Å². The van der Waals surface area contributed by atoms with E-state index in [0.29, 0.717) is 19.3 Å². The zero-order valence-corrected chi connectivity index (χ0v) is 20.6. The average Bonchev–Trinajstić information content (AvgIpc) is 3.12. The van der Waals surface area contributed by atoms with Gasteiger partial charge in [0.05, 0.1) is 10.0 Å². The summed E-state index contributed by atoms with van der Waals surface area (Å²) in [5.41, 5.74) is 4.32. The number of ether oxygens (including phenoxy) is 1. The minimum atomic E-state index is -1.10. The summed E-state index contributed by atoms with van der Waals surface area (Å²) in [6, 6.07) is 18.1. The van der Waals surface area contributed by atoms with Gasteiger partial charge in [0.1, 0.15) is 12.6 Å². The van der Waals surface area contributed by atoms with E-state index in [2.05, 4.69) is 17.4 Å². The number of nitrogens with one attached hydrogen (secondary N) is 1. The molecular weight excluding hydrogens is 504 g/mol. The molecule has 36 heavy (non-hydrogen) atoms. The van der Waals surface area contributed by atoms with Gasteiger partial charge in [-0.25, -0.2) is 14.0 Å². The molecule has 0 aromatic heterocycles. The summed E-state index contributed by atoms with van der Waals surface area (Å²) in [4.78, 5) is 24.9. The van der Waals surface area contributed by atoms with Crippen molar-refractivity contribution in [1.82, 2.24) is 5.32 Å². The largest absolute Gasteiger partial charge is 0.480 e. The summed E-state index contributed by atoms with van der Waals surface area (Å²) in [5, 5.41) is 12.4. The van der Waals surface area contributed by atoms with Gasteiger partial charge in [0.15, 0.2) is 5.82 Å². The zero-order chi connectivity index (χ0) is 25.2. The molecule has 1 unspecified atom stereocenters. The Labute approximate surface area is 217 Å². The second kappa shape index (κ2) is 8.22. The highest BCUT2D eigenvalue weighted by Crippen LogP contribution is 2.75. The Bertz CT molecular complexity index is 1340. The number of carboxylic acids is 1. The first-order chi connectivity index (χ1) is 17.2. The van der Waals surface area contributed by atoms with Crippen molar-refractivity contribution < 1.29 is 23.8 Å². The summed E-state index contributed by atoms with van der Waals surface area (Å²) in [7, 11) is 0. The third-order valence-electron chi connectivity index (χ3n) is 8.13. The van der Waals surface area contributed by atoms with Crippen LogP contribution in [-0.4, -0.2) is 29.8 Å². The lowest BCUT2D eigenvalue weighted by Crippen LogP contribution is -2.73. The molecule has 0 saturated heterocycles. The Morgan fingerprint density at radius 3 is 2.06 bits per heavy atom. The normalized spacial score (nSPS) is 24.1. The van der Waals surface area contributed by atoms with Gasteiger partial charge in [0, 0.05) is 11.3 Å². The third-order valence-corrected chi connectivity index (χ3v) is 8.68. The number of alkyl carbamates (subject to hydrolysis) is 1. The lowest BCUT2D eigenvalue weighted by molar-refractivity contribution is -0.183. The van der Waals surface area contributed by atoms with Crippen LogP contribution in [0.5, 0.6) is 0 Å². The number of benzene rings is 3. The summed E-state index contributed by atoms with van der Waals surface area (Å²) in [6.45, 7) is 0.107. The summed E-state index contributed by atoms with van der Waals surface area (Å²) < 4.78 is 19.4. The van der Waals surface area contributed by atoms with E-state index in [0.717, 1.165) is 27.8 Å². The minimum Gasteiger partial charge on any atom is -0.480 e. The number of carbonyl (C=O) groups is 2. The lowest BCUT2D eigenvalue weighted by atomic mass is 9.31. The molecule has 3 fully saturated rings. The lowest BCUT2D eigenvalue weighted by Gasteiger charge is -2.72. The maximum atomic E-state index is 13.8. The van der Waals surface area contributed by atoms with Crippen LogP contribution in [0.15, 0.2) is 60.7 Å². The van der Waals surface area contributed by atoms with E-state index in [9.17, 15) is 19.1 Å². The highest BCUT2D eigenvalue weighted by molar-refractivity contribution is 6.35. The Hall–Kier alpha value is -3.09. The maximum absolute atomic E-state index is 13.8. The number of amides is 1. The van der Waals surface area contributed by atoms with Crippen molar-refractivity contribution in [3.05, 3.63) is 93.2 Å². The monoisotopic (exact) mass is 525 g/mol. The molecular formula is C28H22Cl2FNO4. The fourth-order valence-corrected chi connectivity index (χ4v) is 7.06. The molecule has 1 amide bonds. The van der Waals surface area contributed by atoms with Gasteiger partial charge in [-0.05, 0) is 64.6 Å². The molecule has 3 saturated carbocycles. The number of aliphatic carboxylic acids is 1.